The fourth-order valence-corrected chi connectivity index (χ4v) is 0.743. The number of amides is 1. The van der Waals surface area contributed by atoms with Crippen LogP contribution in [0.4, 0.5) is 18.0 Å². The van der Waals surface area contributed by atoms with E-state index < -0.39 is 18.9 Å². The summed E-state index contributed by atoms with van der Waals surface area (Å²) in [5, 5.41) is 0. The van der Waals surface area contributed by atoms with E-state index in [1.54, 1.807) is 0 Å². The number of ketones is 1. The van der Waals surface area contributed by atoms with Gasteiger partial charge < -0.3 is 4.74 Å². The van der Waals surface area contributed by atoms with Crippen LogP contribution < -0.4 is 0 Å². The van der Waals surface area contributed by atoms with Crippen LogP contribution in [0.3, 0.4) is 0 Å². The van der Waals surface area contributed by atoms with Crippen molar-refractivity contribution in [3.8, 4) is 0 Å². The third kappa shape index (κ3) is 2.92. The van der Waals surface area contributed by atoms with Gasteiger partial charge in [-0.25, -0.2) is 4.79 Å². The number of hydrogen-bond donors (Lipinski definition) is 0. The van der Waals surface area contributed by atoms with Gasteiger partial charge in [0.1, 0.15) is 0 Å². The smallest absolute Gasteiger partial charge is 0.422 e. The van der Waals surface area contributed by atoms with E-state index in [0.717, 1.165) is 4.90 Å². The summed E-state index contributed by atoms with van der Waals surface area (Å²) in [5.74, 6) is -0.191. The van der Waals surface area contributed by atoms with Crippen LogP contribution in [0, 0.1) is 0 Å². The Morgan fingerprint density at radius 2 is 2.00 bits per heavy atom. The average molecular weight is 197 g/mol. The summed E-state index contributed by atoms with van der Waals surface area (Å²) >= 11 is 0. The number of Topliss-reactive ketones (excluding diaryl/α,β-unsaturated/α-hetero) is 1. The molecule has 0 aliphatic carbocycles. The summed E-state index contributed by atoms with van der Waals surface area (Å²) < 4.78 is 38.4. The third-order valence-corrected chi connectivity index (χ3v) is 1.35. The minimum atomic E-state index is -4.52. The summed E-state index contributed by atoms with van der Waals surface area (Å²) in [6, 6.07) is 0. The molecule has 0 saturated carbocycles. The highest BCUT2D eigenvalue weighted by Crippen LogP contribution is 2.15. The van der Waals surface area contributed by atoms with Crippen LogP contribution in [0.15, 0.2) is 0 Å². The first-order valence-electron chi connectivity index (χ1n) is 3.38. The minimum absolute atomic E-state index is 0.156. The van der Waals surface area contributed by atoms with Gasteiger partial charge >= 0.3 is 12.3 Å². The van der Waals surface area contributed by atoms with E-state index in [1.165, 1.54) is 0 Å². The predicted molar refractivity (Wildman–Crippen MR) is 34.0 cm³/mol. The molecule has 74 valence electrons. The second kappa shape index (κ2) is 3.23. The molecule has 0 radical (unpaired) electrons. The van der Waals surface area contributed by atoms with E-state index in [-0.39, 0.29) is 18.9 Å². The number of ether oxygens (including phenoxy) is 1. The van der Waals surface area contributed by atoms with Crippen molar-refractivity contribution < 1.29 is 27.5 Å². The summed E-state index contributed by atoms with van der Waals surface area (Å²) in [6.07, 6.45) is -5.62. The number of nitrogens with zero attached hydrogens (tertiary/aromatic N) is 1. The van der Waals surface area contributed by atoms with Crippen molar-refractivity contribution in [3.05, 3.63) is 0 Å². The van der Waals surface area contributed by atoms with Gasteiger partial charge in [0.25, 0.3) is 0 Å². The highest BCUT2D eigenvalue weighted by molar-refractivity contribution is 5.94. The topological polar surface area (TPSA) is 46.6 Å². The van der Waals surface area contributed by atoms with Crippen molar-refractivity contribution in [3.63, 3.8) is 0 Å². The number of carbonyl (C=O) groups is 2. The highest BCUT2D eigenvalue weighted by Gasteiger charge is 2.34. The number of alkyl halides is 3. The van der Waals surface area contributed by atoms with Crippen molar-refractivity contribution in [2.24, 2.45) is 0 Å². The van der Waals surface area contributed by atoms with E-state index >= 15 is 0 Å². The van der Waals surface area contributed by atoms with Gasteiger partial charge in [0, 0.05) is 0 Å². The fourth-order valence-electron chi connectivity index (χ4n) is 0.743. The lowest BCUT2D eigenvalue weighted by Crippen LogP contribution is -2.51. The first-order chi connectivity index (χ1) is 5.88. The number of halogens is 3. The van der Waals surface area contributed by atoms with Crippen LogP contribution in [0.5, 0.6) is 0 Å². The monoisotopic (exact) mass is 197 g/mol. The van der Waals surface area contributed by atoms with E-state index in [2.05, 4.69) is 4.74 Å². The molecule has 1 aliphatic heterocycles. The fraction of sp³-hybridized carbons (Fsp3) is 0.667. The molecule has 4 nitrogen and oxygen atoms in total. The van der Waals surface area contributed by atoms with Crippen LogP contribution >= 0.6 is 0 Å². The van der Waals surface area contributed by atoms with E-state index in [9.17, 15) is 22.8 Å². The maximum absolute atomic E-state index is 11.5. The van der Waals surface area contributed by atoms with Crippen LogP contribution in [-0.2, 0) is 9.53 Å². The minimum Gasteiger partial charge on any atom is -0.440 e. The Morgan fingerprint density at radius 3 is 2.38 bits per heavy atom. The number of hydrogen-bond acceptors (Lipinski definition) is 3. The summed E-state index contributed by atoms with van der Waals surface area (Å²) in [4.78, 5) is 21.9. The molecule has 7 heteroatoms. The first-order valence-corrected chi connectivity index (χ1v) is 3.38. The number of likely N-dealkylation sites (tertiary alicyclic amines) is 1. The van der Waals surface area contributed by atoms with Crippen molar-refractivity contribution in [1.29, 1.82) is 0 Å². The number of rotatable bonds is 1. The Kier molecular flexibility index (Phi) is 2.44. The molecule has 1 rings (SSSR count). The molecule has 0 aromatic heterocycles. The Morgan fingerprint density at radius 1 is 1.46 bits per heavy atom. The van der Waals surface area contributed by atoms with Gasteiger partial charge in [0.2, 0.25) is 0 Å². The second-order valence-corrected chi connectivity index (χ2v) is 2.56. The first kappa shape index (κ1) is 9.82. The SMILES string of the molecule is O=C1CN(C(=O)OCC(F)(F)F)C1. The standard InChI is InChI=1S/C6H6F3NO3/c7-6(8,9)3-13-5(12)10-1-4(11)2-10/h1-3H2. The molecule has 0 spiro atoms. The van der Waals surface area contributed by atoms with Crippen molar-refractivity contribution in [2.75, 3.05) is 19.7 Å². The molecule has 0 atom stereocenters. The molecular formula is C6H6F3NO3. The molecular weight excluding hydrogens is 191 g/mol. The summed E-state index contributed by atoms with van der Waals surface area (Å²) in [6.45, 7) is -1.93. The normalized spacial score (nSPS) is 16.8. The van der Waals surface area contributed by atoms with E-state index in [4.69, 9.17) is 0 Å². The lowest BCUT2D eigenvalue weighted by Gasteiger charge is -2.28. The van der Waals surface area contributed by atoms with Crippen LogP contribution in [0.25, 0.3) is 0 Å². The third-order valence-electron chi connectivity index (χ3n) is 1.35. The van der Waals surface area contributed by atoms with Gasteiger partial charge in [-0.1, -0.05) is 0 Å². The Hall–Kier alpha value is -1.27. The molecule has 1 aliphatic rings. The quantitative estimate of drug-likeness (QED) is 0.617. The van der Waals surface area contributed by atoms with Gasteiger partial charge in [0.15, 0.2) is 12.4 Å². The largest absolute Gasteiger partial charge is 0.440 e. The zero-order valence-corrected chi connectivity index (χ0v) is 6.43. The van der Waals surface area contributed by atoms with Crippen molar-refractivity contribution >= 4 is 11.9 Å². The maximum Gasteiger partial charge on any atom is 0.422 e. The molecule has 0 unspecified atom stereocenters. The summed E-state index contributed by atoms with van der Waals surface area (Å²) in [7, 11) is 0. The molecule has 1 saturated heterocycles. The molecule has 0 aromatic rings. The van der Waals surface area contributed by atoms with Crippen LogP contribution in [0.2, 0.25) is 0 Å². The van der Waals surface area contributed by atoms with Gasteiger partial charge in [-0.05, 0) is 0 Å². The lowest BCUT2D eigenvalue weighted by molar-refractivity contribution is -0.163. The van der Waals surface area contributed by atoms with Crippen LogP contribution in [-0.4, -0.2) is 42.6 Å². The molecule has 1 amide bonds. The van der Waals surface area contributed by atoms with Gasteiger partial charge in [-0.3, -0.25) is 9.69 Å². The molecule has 1 fully saturated rings. The zero-order chi connectivity index (χ0) is 10.1. The lowest BCUT2D eigenvalue weighted by atomic mass is 10.2. The molecule has 1 heterocycles. The van der Waals surface area contributed by atoms with Gasteiger partial charge in [0.05, 0.1) is 13.1 Å². The van der Waals surface area contributed by atoms with Crippen LogP contribution in [0.1, 0.15) is 0 Å². The average Bonchev–Trinajstić information content (AvgIpc) is 1.93. The Bertz CT molecular complexity index is 230. The molecule has 0 bridgehead atoms. The van der Waals surface area contributed by atoms with Gasteiger partial charge in [-0.15, -0.1) is 0 Å². The summed E-state index contributed by atoms with van der Waals surface area (Å²) in [5.41, 5.74) is 0. The molecule has 0 N–H and O–H groups in total. The highest BCUT2D eigenvalue weighted by atomic mass is 19.4. The zero-order valence-electron chi connectivity index (χ0n) is 6.43. The van der Waals surface area contributed by atoms with E-state index in [0.29, 0.717) is 0 Å². The predicted octanol–water partition coefficient (Wildman–Crippen LogP) is 0.570. The van der Waals surface area contributed by atoms with Crippen molar-refractivity contribution in [2.45, 2.75) is 6.18 Å². The van der Waals surface area contributed by atoms with E-state index in [1.807, 2.05) is 0 Å². The second-order valence-electron chi connectivity index (χ2n) is 2.56. The van der Waals surface area contributed by atoms with Crippen molar-refractivity contribution in [1.82, 2.24) is 4.90 Å². The number of carbonyl (C=O) groups excluding carboxylic acids is 2. The Labute approximate surface area is 71.3 Å². The molecule has 13 heavy (non-hydrogen) atoms. The molecule has 0 aromatic carbocycles. The maximum atomic E-state index is 11.5. The Balaban J connectivity index is 2.23. The van der Waals surface area contributed by atoms with Gasteiger partial charge in [-0.2, -0.15) is 13.2 Å².